The van der Waals surface area contributed by atoms with Crippen LogP contribution in [0.2, 0.25) is 19.5 Å². The van der Waals surface area contributed by atoms with Gasteiger partial charge in [0.1, 0.15) is 6.71 Å². The lowest BCUT2D eigenvalue weighted by Gasteiger charge is -2.31. The molecule has 1 heterocycles. The van der Waals surface area contributed by atoms with Crippen LogP contribution in [0.1, 0.15) is 19.8 Å². The Bertz CT molecular complexity index is 214. The summed E-state index contributed by atoms with van der Waals surface area (Å²) in [6.45, 7) is 9.25. The minimum atomic E-state index is 0.763. The zero-order valence-corrected chi connectivity index (χ0v) is 9.79. The first kappa shape index (κ1) is 11.4. The Labute approximate surface area is 89.0 Å². The van der Waals surface area contributed by atoms with E-state index in [0.29, 0.717) is 0 Å². The largest absolute Gasteiger partial charge is 0.355 e. The van der Waals surface area contributed by atoms with Crippen LogP contribution in [0.4, 0.5) is 0 Å². The topological polar surface area (TPSA) is 3.24 Å². The molecule has 1 nitrogen and oxygen atoms in total. The smallest absolute Gasteiger partial charge is 0.136 e. The molecule has 1 aliphatic heterocycles. The van der Waals surface area contributed by atoms with Gasteiger partial charge in [0.2, 0.25) is 0 Å². The third kappa shape index (κ3) is 2.66. The summed E-state index contributed by atoms with van der Waals surface area (Å²) in [5, 5.41) is 0. The van der Waals surface area contributed by atoms with Gasteiger partial charge in [-0.15, -0.1) is 0 Å². The van der Waals surface area contributed by atoms with Gasteiger partial charge < -0.3 is 4.90 Å². The van der Waals surface area contributed by atoms with Gasteiger partial charge in [0, 0.05) is 12.7 Å². The van der Waals surface area contributed by atoms with Crippen LogP contribution in [-0.4, -0.2) is 18.7 Å². The Morgan fingerprint density at radius 3 is 2.43 bits per heavy atom. The molecule has 0 aromatic rings. The second kappa shape index (κ2) is 5.28. The van der Waals surface area contributed by atoms with Crippen molar-refractivity contribution in [3.05, 3.63) is 24.6 Å². The summed E-state index contributed by atoms with van der Waals surface area (Å²) < 4.78 is 0. The first-order valence-corrected chi connectivity index (χ1v) is 5.70. The Kier molecular flexibility index (Phi) is 4.31. The predicted octanol–water partition coefficient (Wildman–Crippen LogP) is 3.50. The van der Waals surface area contributed by atoms with Crippen LogP contribution in [0, 0.1) is 5.92 Å². The molecule has 1 saturated heterocycles. The number of nitrogens with zero attached hydrogens (tertiary/aromatic N) is 1. The van der Waals surface area contributed by atoms with Crippen molar-refractivity contribution in [2.24, 2.45) is 5.92 Å². The molecule has 78 valence electrons. The lowest BCUT2D eigenvalue weighted by Crippen LogP contribution is -2.24. The Morgan fingerprint density at radius 1 is 1.43 bits per heavy atom. The molecule has 0 radical (unpaired) electrons. The summed E-state index contributed by atoms with van der Waals surface area (Å²) in [6, 6.07) is 0. The maximum absolute atomic E-state index is 3.82. The van der Waals surface area contributed by atoms with Crippen molar-refractivity contribution in [3.63, 3.8) is 0 Å². The fourth-order valence-corrected chi connectivity index (χ4v) is 2.39. The quantitative estimate of drug-likeness (QED) is 0.617. The van der Waals surface area contributed by atoms with Crippen molar-refractivity contribution in [3.8, 4) is 0 Å². The van der Waals surface area contributed by atoms with Gasteiger partial charge in [-0.3, -0.25) is 0 Å². The van der Waals surface area contributed by atoms with Gasteiger partial charge in [-0.1, -0.05) is 45.0 Å². The maximum atomic E-state index is 3.82. The molecule has 0 unspecified atom stereocenters. The van der Waals surface area contributed by atoms with Gasteiger partial charge >= 0.3 is 0 Å². The van der Waals surface area contributed by atoms with E-state index in [-0.39, 0.29) is 0 Å². The molecule has 0 atom stereocenters. The molecule has 2 heteroatoms. The van der Waals surface area contributed by atoms with Crippen molar-refractivity contribution < 1.29 is 0 Å². The number of rotatable bonds is 3. The molecule has 0 amide bonds. The number of hydrogen-bond donors (Lipinski definition) is 0. The van der Waals surface area contributed by atoms with Crippen LogP contribution in [0.5, 0.6) is 0 Å². The average Bonchev–Trinajstić information content (AvgIpc) is 2.21. The minimum absolute atomic E-state index is 0.763. The fraction of sp³-hybridized carbons (Fsp3) is 0.667. The van der Waals surface area contributed by atoms with E-state index in [2.05, 4.69) is 38.3 Å². The van der Waals surface area contributed by atoms with Crippen LogP contribution >= 0.6 is 0 Å². The molecule has 0 bridgehead atoms. The molecule has 1 fully saturated rings. The van der Waals surface area contributed by atoms with Crippen molar-refractivity contribution in [1.82, 2.24) is 4.90 Å². The van der Waals surface area contributed by atoms with Gasteiger partial charge in [0.25, 0.3) is 0 Å². The summed E-state index contributed by atoms with van der Waals surface area (Å²) in [5.41, 5.74) is 1.45. The lowest BCUT2D eigenvalue weighted by atomic mass is 9.42. The van der Waals surface area contributed by atoms with E-state index in [1.54, 1.807) is 0 Å². The molecule has 0 spiro atoms. The summed E-state index contributed by atoms with van der Waals surface area (Å²) in [6.07, 6.45) is 9.60. The highest BCUT2D eigenvalue weighted by Crippen LogP contribution is 2.31. The monoisotopic (exact) mass is 191 g/mol. The molecule has 14 heavy (non-hydrogen) atoms. The van der Waals surface area contributed by atoms with Gasteiger partial charge in [0.15, 0.2) is 0 Å². The molecule has 0 aromatic carbocycles. The van der Waals surface area contributed by atoms with Crippen LogP contribution in [0.3, 0.4) is 0 Å². The third-order valence-electron chi connectivity index (χ3n) is 3.41. The lowest BCUT2D eigenvalue weighted by molar-refractivity contribution is 0.418. The number of hydrogen-bond acceptors (Lipinski definition) is 1. The first-order valence-electron chi connectivity index (χ1n) is 5.70. The Hall–Kier alpha value is -0.655. The molecule has 1 rings (SSSR count). The van der Waals surface area contributed by atoms with Gasteiger partial charge in [-0.25, -0.2) is 0 Å². The van der Waals surface area contributed by atoms with Crippen LogP contribution in [0.15, 0.2) is 24.6 Å². The fourth-order valence-electron chi connectivity index (χ4n) is 2.39. The second-order valence-corrected chi connectivity index (χ2v) is 4.46. The van der Waals surface area contributed by atoms with Gasteiger partial charge in [-0.2, -0.15) is 0 Å². The summed E-state index contributed by atoms with van der Waals surface area (Å²) in [4.78, 5) is 2.17. The number of allylic oxidation sites excluding steroid dienone is 2. The molecule has 0 saturated carbocycles. The maximum Gasteiger partial charge on any atom is 0.136 e. The Morgan fingerprint density at radius 2 is 2.00 bits per heavy atom. The molecular formula is C12H22BN. The van der Waals surface area contributed by atoms with E-state index < -0.39 is 0 Å². The van der Waals surface area contributed by atoms with Gasteiger partial charge in [-0.05, 0) is 19.0 Å². The van der Waals surface area contributed by atoms with Crippen molar-refractivity contribution in [2.45, 2.75) is 39.2 Å². The highest BCUT2D eigenvalue weighted by atomic mass is 15.1. The molecule has 0 aliphatic carbocycles. The molecule has 0 aromatic heterocycles. The van der Waals surface area contributed by atoms with E-state index in [1.165, 1.54) is 31.2 Å². The zero-order valence-electron chi connectivity index (χ0n) is 9.79. The van der Waals surface area contributed by atoms with E-state index in [9.17, 15) is 0 Å². The standard InChI is InChI=1S/C12H22BN/c1-5-12(14(4)6-2)11-7-9-13(3)10-8-11/h5-6,11H,2,7-10H2,1,3-4H3/b12-5-. The first-order chi connectivity index (χ1) is 6.69. The van der Waals surface area contributed by atoms with E-state index in [4.69, 9.17) is 0 Å². The van der Waals surface area contributed by atoms with E-state index >= 15 is 0 Å². The normalized spacial score (nSPS) is 19.6. The minimum Gasteiger partial charge on any atom is -0.355 e. The SMILES string of the molecule is C=CN(C)/C(=C\C)C1CCB(C)CC1. The predicted molar refractivity (Wildman–Crippen MR) is 65.7 cm³/mol. The summed E-state index contributed by atoms with van der Waals surface area (Å²) in [7, 11) is 2.10. The van der Waals surface area contributed by atoms with Gasteiger partial charge in [0.05, 0.1) is 0 Å². The van der Waals surface area contributed by atoms with Crippen LogP contribution in [0.25, 0.3) is 0 Å². The van der Waals surface area contributed by atoms with Crippen molar-refractivity contribution in [1.29, 1.82) is 0 Å². The zero-order chi connectivity index (χ0) is 10.6. The van der Waals surface area contributed by atoms with E-state index in [1.807, 2.05) is 6.20 Å². The summed E-state index contributed by atoms with van der Waals surface area (Å²) in [5.74, 6) is 0.763. The Balaban J connectivity index is 2.58. The van der Waals surface area contributed by atoms with Crippen molar-refractivity contribution >= 4 is 6.71 Å². The second-order valence-electron chi connectivity index (χ2n) is 4.46. The highest BCUT2D eigenvalue weighted by Gasteiger charge is 2.23. The molecule has 0 N–H and O–H groups in total. The summed E-state index contributed by atoms with van der Waals surface area (Å²) >= 11 is 0. The molecule has 1 aliphatic rings. The average molecular weight is 191 g/mol. The third-order valence-corrected chi connectivity index (χ3v) is 3.41. The van der Waals surface area contributed by atoms with Crippen LogP contribution < -0.4 is 0 Å². The molecular weight excluding hydrogens is 169 g/mol. The van der Waals surface area contributed by atoms with Crippen LogP contribution in [-0.2, 0) is 0 Å². The highest BCUT2D eigenvalue weighted by molar-refractivity contribution is 6.57. The van der Waals surface area contributed by atoms with E-state index in [0.717, 1.165) is 12.6 Å². The van der Waals surface area contributed by atoms with Crippen molar-refractivity contribution in [2.75, 3.05) is 7.05 Å².